The molecule has 0 heterocycles. The maximum absolute atomic E-state index is 2.47. The van der Waals surface area contributed by atoms with E-state index in [1.165, 1.54) is 98.7 Å². The van der Waals surface area contributed by atoms with Crippen LogP contribution in [-0.2, 0) is 5.41 Å². The predicted molar refractivity (Wildman–Crippen MR) is 225 cm³/mol. The summed E-state index contributed by atoms with van der Waals surface area (Å²) in [6.45, 7) is 0. The van der Waals surface area contributed by atoms with Crippen LogP contribution in [0.3, 0.4) is 0 Å². The lowest BCUT2D eigenvalue weighted by molar-refractivity contribution is 0.775. The fourth-order valence-corrected chi connectivity index (χ4v) is 9.59. The van der Waals surface area contributed by atoms with Crippen LogP contribution in [0.2, 0.25) is 0 Å². The van der Waals surface area contributed by atoms with Gasteiger partial charge in [-0.15, -0.1) is 0 Å². The molecule has 0 spiro atoms. The van der Waals surface area contributed by atoms with E-state index in [0.717, 1.165) is 0 Å². The van der Waals surface area contributed by atoms with Gasteiger partial charge in [0.2, 0.25) is 0 Å². The van der Waals surface area contributed by atoms with Gasteiger partial charge >= 0.3 is 0 Å². The first-order valence-electron chi connectivity index (χ1n) is 18.5. The zero-order chi connectivity index (χ0) is 34.9. The Morgan fingerprint density at radius 1 is 0.283 bits per heavy atom. The quantitative estimate of drug-likeness (QED) is 0.164. The third-order valence-corrected chi connectivity index (χ3v) is 11.7. The lowest BCUT2D eigenvalue weighted by atomic mass is 9.66. The Hall–Kier alpha value is -6.76. The lowest BCUT2D eigenvalue weighted by Gasteiger charge is -2.35. The van der Waals surface area contributed by atoms with Crippen molar-refractivity contribution in [3.63, 3.8) is 0 Å². The van der Waals surface area contributed by atoms with Crippen molar-refractivity contribution >= 4 is 43.1 Å². The highest BCUT2D eigenvalue weighted by atomic mass is 14.5. The Balaban J connectivity index is 1.34. The number of hydrogen-bond donors (Lipinski definition) is 0. The van der Waals surface area contributed by atoms with Crippen LogP contribution in [0.15, 0.2) is 206 Å². The highest BCUT2D eigenvalue weighted by Crippen LogP contribution is 2.61. The molecule has 1 aliphatic carbocycles. The van der Waals surface area contributed by atoms with Crippen LogP contribution >= 0.6 is 0 Å². The second kappa shape index (κ2) is 11.6. The summed E-state index contributed by atoms with van der Waals surface area (Å²) in [4.78, 5) is 0. The number of hydrogen-bond acceptors (Lipinski definition) is 0. The van der Waals surface area contributed by atoms with Crippen molar-refractivity contribution in [2.45, 2.75) is 5.41 Å². The highest BCUT2D eigenvalue weighted by Gasteiger charge is 2.48. The van der Waals surface area contributed by atoms with E-state index in [9.17, 15) is 0 Å². The molecule has 0 unspecified atom stereocenters. The molecule has 246 valence electrons. The van der Waals surface area contributed by atoms with Crippen molar-refractivity contribution in [3.8, 4) is 33.4 Å². The molecule has 0 bridgehead atoms. The standard InChI is InChI=1S/C53H34/c1-3-20-39(21-4-1)53(40-22-5-2-6-23-40)48-30-16-15-29-46(48)51-47(34-37-19-9-10-24-41(37)52(51)53)50-44-27-13-11-25-42(44)49(43-26-12-14-28-45(43)50)38-32-31-35-17-7-8-18-36(35)33-38/h1-34H. The molecule has 0 fully saturated rings. The summed E-state index contributed by atoms with van der Waals surface area (Å²) in [6, 6.07) is 76.7. The summed E-state index contributed by atoms with van der Waals surface area (Å²) in [5.74, 6) is 0. The lowest BCUT2D eigenvalue weighted by Crippen LogP contribution is -2.28. The molecule has 1 aliphatic rings. The normalized spacial score (nSPS) is 13.1. The molecule has 0 amide bonds. The van der Waals surface area contributed by atoms with Crippen molar-refractivity contribution in [3.05, 3.63) is 229 Å². The molecule has 0 atom stereocenters. The first-order valence-corrected chi connectivity index (χ1v) is 18.5. The van der Waals surface area contributed by atoms with Gasteiger partial charge in [0, 0.05) is 0 Å². The van der Waals surface area contributed by atoms with Gasteiger partial charge in [0.15, 0.2) is 0 Å². The van der Waals surface area contributed by atoms with Crippen molar-refractivity contribution in [1.82, 2.24) is 0 Å². The maximum atomic E-state index is 2.47. The molecule has 0 radical (unpaired) electrons. The summed E-state index contributed by atoms with van der Waals surface area (Å²) in [6.07, 6.45) is 0. The van der Waals surface area contributed by atoms with Crippen molar-refractivity contribution in [2.75, 3.05) is 0 Å². The molecule has 0 aliphatic heterocycles. The molecule has 53 heavy (non-hydrogen) atoms. The summed E-state index contributed by atoms with van der Waals surface area (Å²) >= 11 is 0. The van der Waals surface area contributed by atoms with Gasteiger partial charge in [-0.1, -0.05) is 194 Å². The van der Waals surface area contributed by atoms with Crippen LogP contribution in [-0.4, -0.2) is 0 Å². The second-order valence-electron chi connectivity index (χ2n) is 14.3. The molecule has 0 saturated heterocycles. The molecular formula is C53H34. The van der Waals surface area contributed by atoms with E-state index in [1.54, 1.807) is 0 Å². The molecule has 0 aromatic heterocycles. The minimum Gasteiger partial charge on any atom is -0.0622 e. The van der Waals surface area contributed by atoms with Gasteiger partial charge in [0.05, 0.1) is 5.41 Å². The van der Waals surface area contributed by atoms with Gasteiger partial charge < -0.3 is 0 Å². The smallest absolute Gasteiger partial charge is 0.0622 e. The van der Waals surface area contributed by atoms with Crippen LogP contribution in [0.1, 0.15) is 22.3 Å². The van der Waals surface area contributed by atoms with Gasteiger partial charge in [-0.05, 0) is 111 Å². The Labute approximate surface area is 309 Å². The molecule has 11 rings (SSSR count). The minimum absolute atomic E-state index is 0.513. The van der Waals surface area contributed by atoms with E-state index in [-0.39, 0.29) is 0 Å². The van der Waals surface area contributed by atoms with E-state index < -0.39 is 5.41 Å². The third-order valence-electron chi connectivity index (χ3n) is 11.7. The summed E-state index contributed by atoms with van der Waals surface area (Å²) in [5, 5.41) is 10.1. The third kappa shape index (κ3) is 4.24. The Bertz CT molecular complexity index is 2950. The van der Waals surface area contributed by atoms with Gasteiger partial charge in [-0.2, -0.15) is 0 Å². The van der Waals surface area contributed by atoms with Crippen LogP contribution in [0, 0.1) is 0 Å². The molecule has 0 saturated carbocycles. The zero-order valence-electron chi connectivity index (χ0n) is 29.1. The molecule has 0 nitrogen and oxygen atoms in total. The average Bonchev–Trinajstić information content (AvgIpc) is 3.55. The topological polar surface area (TPSA) is 0 Å². The number of rotatable bonds is 4. The molecule has 0 N–H and O–H groups in total. The van der Waals surface area contributed by atoms with Crippen molar-refractivity contribution in [1.29, 1.82) is 0 Å². The summed E-state index contributed by atoms with van der Waals surface area (Å²) in [7, 11) is 0. The van der Waals surface area contributed by atoms with E-state index >= 15 is 0 Å². The van der Waals surface area contributed by atoms with Gasteiger partial charge in [0.25, 0.3) is 0 Å². The first kappa shape index (κ1) is 29.9. The molecule has 10 aromatic rings. The van der Waals surface area contributed by atoms with E-state index in [1.807, 2.05) is 0 Å². The fraction of sp³-hybridized carbons (Fsp3) is 0.0189. The first-order chi connectivity index (χ1) is 26.3. The minimum atomic E-state index is -0.513. The Kier molecular flexibility index (Phi) is 6.57. The van der Waals surface area contributed by atoms with E-state index in [2.05, 4.69) is 206 Å². The van der Waals surface area contributed by atoms with Crippen LogP contribution < -0.4 is 0 Å². The Morgan fingerprint density at radius 2 is 0.774 bits per heavy atom. The second-order valence-corrected chi connectivity index (χ2v) is 14.3. The molecule has 10 aromatic carbocycles. The van der Waals surface area contributed by atoms with Crippen LogP contribution in [0.4, 0.5) is 0 Å². The Morgan fingerprint density at radius 3 is 1.42 bits per heavy atom. The van der Waals surface area contributed by atoms with E-state index in [0.29, 0.717) is 0 Å². The zero-order valence-corrected chi connectivity index (χ0v) is 29.1. The van der Waals surface area contributed by atoms with Crippen molar-refractivity contribution < 1.29 is 0 Å². The SMILES string of the molecule is c1ccc(C2(c3ccccc3)c3ccccc3-c3c(-c4c5ccccc5c(-c5ccc6ccccc6c5)c5ccccc45)cc4ccccc4c32)cc1. The maximum Gasteiger partial charge on any atom is 0.0719 e. The largest absolute Gasteiger partial charge is 0.0719 e. The predicted octanol–water partition coefficient (Wildman–Crippen LogP) is 14.0. The molecule has 0 heteroatoms. The number of fused-ring (bicyclic) bond motifs is 8. The number of benzene rings is 10. The van der Waals surface area contributed by atoms with Crippen LogP contribution in [0.5, 0.6) is 0 Å². The van der Waals surface area contributed by atoms with Gasteiger partial charge in [-0.25, -0.2) is 0 Å². The monoisotopic (exact) mass is 670 g/mol. The van der Waals surface area contributed by atoms with Gasteiger partial charge in [-0.3, -0.25) is 0 Å². The average molecular weight is 671 g/mol. The summed E-state index contributed by atoms with van der Waals surface area (Å²) < 4.78 is 0. The molecular weight excluding hydrogens is 637 g/mol. The fourth-order valence-electron chi connectivity index (χ4n) is 9.59. The van der Waals surface area contributed by atoms with Crippen molar-refractivity contribution in [2.24, 2.45) is 0 Å². The summed E-state index contributed by atoms with van der Waals surface area (Å²) in [5.41, 5.74) is 12.4. The van der Waals surface area contributed by atoms with E-state index in [4.69, 9.17) is 0 Å². The highest BCUT2D eigenvalue weighted by molar-refractivity contribution is 6.24. The van der Waals surface area contributed by atoms with Gasteiger partial charge in [0.1, 0.15) is 0 Å². The van der Waals surface area contributed by atoms with Crippen LogP contribution in [0.25, 0.3) is 76.5 Å².